The number of amides is 3. The molecule has 12 aromatic rings. The lowest BCUT2D eigenvalue weighted by atomic mass is 10.0. The minimum Gasteiger partial charge on any atom is -0.399 e. The van der Waals surface area contributed by atoms with Crippen LogP contribution in [0.4, 0.5) is 122 Å². The molecule has 0 saturated carbocycles. The fourth-order valence-corrected chi connectivity index (χ4v) is 14.0. The molecule has 3 saturated heterocycles. The second-order valence-electron chi connectivity index (χ2n) is 31.2. The van der Waals surface area contributed by atoms with Gasteiger partial charge in [-0.1, -0.05) is 42.5 Å². The Morgan fingerprint density at radius 1 is 0.401 bits per heavy atom. The quantitative estimate of drug-likeness (QED) is 0.0181. The van der Waals surface area contributed by atoms with Crippen molar-refractivity contribution in [3.63, 3.8) is 0 Å². The van der Waals surface area contributed by atoms with Gasteiger partial charge >= 0.3 is 18.5 Å². The highest BCUT2D eigenvalue weighted by Crippen LogP contribution is 2.36. The van der Waals surface area contributed by atoms with Crippen molar-refractivity contribution < 1.29 is 95.8 Å². The number of nitro benzene ring substituents is 1. The second kappa shape index (κ2) is 48.2. The SMILES string of the molecule is CN(c1ccc(CC(=O)Cc2cc(F)cc(C(F)(F)F)c2)cc1)c1ccnc(Cl)n1.CN(c1ccc(N)cc1)c1ccnc(Cl)n1.Cc1ccc(N)cc1C(=O)N1CCOCC1.Cc1ccc(Nc2nccc(N(C)c3ccc(CC(=O)Cc4cc(F)cc(C(F)(F)F)c4)cc3)n2)cc1C(=O)N1CCOCC1.Cc1ccc([N+](=O)[O-])cc1C(=O)N1CCOCC1.Nc1cc(F)cc(C(F)(F)F)c1. The van der Waals surface area contributed by atoms with E-state index >= 15 is 0 Å². The summed E-state index contributed by atoms with van der Waals surface area (Å²) in [6.07, 6.45) is -9.76. The molecule has 0 bridgehead atoms. The van der Waals surface area contributed by atoms with Gasteiger partial charge in [0, 0.05) is 173 Å². The van der Waals surface area contributed by atoms with Crippen molar-refractivity contribution in [1.29, 1.82) is 0 Å². The van der Waals surface area contributed by atoms with Crippen molar-refractivity contribution in [2.45, 2.75) is 65.0 Å². The molecule has 0 unspecified atom stereocenters. The standard InChI is InChI=1S/C33H31F4N5O3.C21H16ClF4N3O.C12H14N2O4.C12H16N2O2.C11H11ClN4.C7H5F4N/c1-21-3-6-26(20-29(21)31(44)42-11-13-45-14-12-42)39-32-38-10-9-30(40-32)41(2)27-7-4-22(5-8-27)17-28(43)18-23-15-24(33(35,36)37)19-25(34)16-23;1-29(19-6-7-27-20(22)28-19)17-4-2-13(3-5-17)10-18(30)11-14-8-15(21(24,25)26)12-16(23)9-14;1-9-2-3-10(14(16)17)8-11(9)12(15)13-4-6-18-7-5-13;1-9-2-3-10(13)8-11(9)12(15)14-4-6-16-7-5-14;1-16(9-4-2-8(13)3-5-9)10-6-7-14-11(12)15-10;8-5-1-4(7(9,10)11)2-6(12)3-5/h3-10,15-16,19-20H,11-14,17-18H2,1-2H3,(H,38,39,40);2-9,12H,10-11H2,1H3;2-3,8H,4-7H2,1H3;2-3,8H,4-7,13H2,1H3;2-7H,13H2,1H3;1-3H,12H2. The van der Waals surface area contributed by atoms with Gasteiger partial charge < -0.3 is 66.1 Å². The van der Waals surface area contributed by atoms with Gasteiger partial charge in [0.2, 0.25) is 16.5 Å². The molecule has 41 heteroatoms. The number of nitrogen functional groups attached to an aromatic ring is 3. The summed E-state index contributed by atoms with van der Waals surface area (Å²) in [5.74, 6) is -1.63. The fourth-order valence-electron chi connectivity index (χ4n) is 13.7. The molecule has 720 valence electrons. The number of non-ortho nitro benzene ring substituents is 1. The van der Waals surface area contributed by atoms with Gasteiger partial charge in [0.25, 0.3) is 23.4 Å². The molecule has 7 N–H and O–H groups in total. The van der Waals surface area contributed by atoms with Gasteiger partial charge in [-0.2, -0.15) is 44.5 Å². The largest absolute Gasteiger partial charge is 0.416 e. The molecule has 6 heterocycles. The number of Topliss-reactive ketones (excluding diaryl/α,β-unsaturated/α-hetero) is 2. The number of aromatic nitrogens is 6. The van der Waals surface area contributed by atoms with Gasteiger partial charge in [0.1, 0.15) is 46.5 Å². The van der Waals surface area contributed by atoms with E-state index in [0.717, 1.165) is 75.6 Å². The van der Waals surface area contributed by atoms with Crippen molar-refractivity contribution in [3.05, 3.63) is 329 Å². The molecule has 0 radical (unpaired) electrons. The summed E-state index contributed by atoms with van der Waals surface area (Å²) >= 11 is 11.5. The number of ether oxygens (including phenoxy) is 3. The lowest BCUT2D eigenvalue weighted by Crippen LogP contribution is -2.40. The van der Waals surface area contributed by atoms with Gasteiger partial charge in [-0.05, 0) is 229 Å². The zero-order valence-electron chi connectivity index (χ0n) is 74.5. The Bertz CT molecular complexity index is 6180. The average Bonchev–Trinajstić information content (AvgIpc) is 0.825. The van der Waals surface area contributed by atoms with Crippen LogP contribution in [0.15, 0.2) is 219 Å². The van der Waals surface area contributed by atoms with Crippen LogP contribution in [0.2, 0.25) is 10.6 Å². The molecule has 3 aliphatic rings. The maximum atomic E-state index is 13.7. The fraction of sp³-hybridized carbons (Fsp3) is 0.260. The molecule has 15 rings (SSSR count). The molecule has 3 aliphatic heterocycles. The van der Waals surface area contributed by atoms with Crippen LogP contribution in [-0.2, 0) is 68.0 Å². The number of benzene rings is 9. The number of halogens is 14. The predicted octanol–water partition coefficient (Wildman–Crippen LogP) is 19.0. The van der Waals surface area contributed by atoms with E-state index in [1.807, 2.05) is 91.2 Å². The van der Waals surface area contributed by atoms with E-state index in [4.69, 9.17) is 54.6 Å². The van der Waals surface area contributed by atoms with Crippen LogP contribution >= 0.6 is 23.2 Å². The molecule has 27 nitrogen and oxygen atoms in total. The first-order valence-electron chi connectivity index (χ1n) is 42.0. The number of aryl methyl sites for hydroxylation is 3. The number of hydrogen-bond acceptors (Lipinski definition) is 23. The molecule has 0 atom stereocenters. The van der Waals surface area contributed by atoms with Crippen molar-refractivity contribution >= 4 is 121 Å². The van der Waals surface area contributed by atoms with E-state index in [2.05, 4.69) is 35.2 Å². The first kappa shape index (κ1) is 105. The van der Waals surface area contributed by atoms with Gasteiger partial charge in [-0.3, -0.25) is 34.1 Å². The summed E-state index contributed by atoms with van der Waals surface area (Å²) < 4.78 is 169. The summed E-state index contributed by atoms with van der Waals surface area (Å²) in [4.78, 5) is 108. The Hall–Kier alpha value is -14.4. The van der Waals surface area contributed by atoms with Crippen molar-refractivity contribution in [2.24, 2.45) is 0 Å². The number of hydrogen-bond donors (Lipinski definition) is 4. The molecular formula is C96H93Cl2F12N17O10. The number of nitrogens with zero attached hydrogens (tertiary/aromatic N) is 13. The molecule has 3 amide bonds. The maximum absolute atomic E-state index is 13.7. The predicted molar refractivity (Wildman–Crippen MR) is 496 cm³/mol. The van der Waals surface area contributed by atoms with Crippen LogP contribution in [0.1, 0.15) is 86.7 Å². The summed E-state index contributed by atoms with van der Waals surface area (Å²) in [6.45, 7) is 12.4. The Balaban J connectivity index is 0.000000182. The van der Waals surface area contributed by atoms with E-state index in [1.165, 1.54) is 18.3 Å². The van der Waals surface area contributed by atoms with Gasteiger partial charge in [-0.25, -0.2) is 38.1 Å². The summed E-state index contributed by atoms with van der Waals surface area (Å²) in [5.41, 5.74) is 22.9. The number of nitro groups is 1. The van der Waals surface area contributed by atoms with E-state index in [1.54, 1.807) is 126 Å². The summed E-state index contributed by atoms with van der Waals surface area (Å²) in [7, 11) is 5.52. The lowest BCUT2D eigenvalue weighted by molar-refractivity contribution is -0.384. The Labute approximate surface area is 789 Å². The molecule has 137 heavy (non-hydrogen) atoms. The number of morpholine rings is 3. The lowest BCUT2D eigenvalue weighted by Gasteiger charge is -2.27. The zero-order chi connectivity index (χ0) is 99.6. The highest BCUT2D eigenvalue weighted by molar-refractivity contribution is 6.28. The Kier molecular flexibility index (Phi) is 36.8. The summed E-state index contributed by atoms with van der Waals surface area (Å²) in [5, 5.41) is 14.3. The molecular weight excluding hydrogens is 1850 g/mol. The third kappa shape index (κ3) is 31.6. The van der Waals surface area contributed by atoms with Crippen molar-refractivity contribution in [1.82, 2.24) is 44.6 Å². The van der Waals surface area contributed by atoms with Gasteiger partial charge in [0.05, 0.1) is 61.3 Å². The van der Waals surface area contributed by atoms with Gasteiger partial charge in [0.15, 0.2) is 0 Å². The van der Waals surface area contributed by atoms with Crippen LogP contribution in [-0.4, -0.2) is 179 Å². The minimum atomic E-state index is -4.70. The number of ketones is 2. The molecule has 3 aromatic heterocycles. The van der Waals surface area contributed by atoms with Crippen molar-refractivity contribution in [3.8, 4) is 0 Å². The topological polar surface area (TPSA) is 343 Å². The van der Waals surface area contributed by atoms with Crippen LogP contribution in [0.3, 0.4) is 0 Å². The van der Waals surface area contributed by atoms with Crippen molar-refractivity contribution in [2.75, 3.05) is 137 Å². The number of nitrogens with one attached hydrogen (secondary N) is 1. The summed E-state index contributed by atoms with van der Waals surface area (Å²) in [6, 6.07) is 48.4. The Morgan fingerprint density at radius 2 is 0.737 bits per heavy atom. The zero-order valence-corrected chi connectivity index (χ0v) is 76.0. The number of nitrogens with two attached hydrogens (primary N) is 3. The van der Waals surface area contributed by atoms with E-state index in [9.17, 15) is 86.8 Å². The van der Waals surface area contributed by atoms with E-state index in [0.29, 0.717) is 160 Å². The number of carbonyl (C=O) groups is 5. The molecule has 3 fully saturated rings. The van der Waals surface area contributed by atoms with Crippen LogP contribution in [0.25, 0.3) is 0 Å². The average molecular weight is 1940 g/mol. The van der Waals surface area contributed by atoms with Crippen LogP contribution in [0.5, 0.6) is 0 Å². The number of alkyl halides is 9. The minimum absolute atomic E-state index is 0.00989. The normalized spacial score (nSPS) is 13.0. The molecule has 9 aromatic carbocycles. The monoisotopic (exact) mass is 1940 g/mol. The Morgan fingerprint density at radius 3 is 1.12 bits per heavy atom. The van der Waals surface area contributed by atoms with Crippen LogP contribution < -0.4 is 37.2 Å². The highest BCUT2D eigenvalue weighted by atomic mass is 35.5. The highest BCUT2D eigenvalue weighted by Gasteiger charge is 2.35. The second-order valence-corrected chi connectivity index (χ2v) is 31.8. The van der Waals surface area contributed by atoms with E-state index in [-0.39, 0.29) is 88.0 Å². The molecule has 0 spiro atoms. The first-order valence-corrected chi connectivity index (χ1v) is 42.7. The van der Waals surface area contributed by atoms with Gasteiger partial charge in [-0.15, -0.1) is 0 Å². The third-order valence-electron chi connectivity index (χ3n) is 21.0. The third-order valence-corrected chi connectivity index (χ3v) is 21.4. The first-order chi connectivity index (χ1) is 64.9. The van der Waals surface area contributed by atoms with E-state index < -0.39 is 57.6 Å². The number of rotatable bonds is 20. The number of anilines is 11. The smallest absolute Gasteiger partial charge is 0.399 e. The maximum Gasteiger partial charge on any atom is 0.416 e. The molecule has 0 aliphatic carbocycles. The number of carbonyl (C=O) groups excluding carboxylic acids is 5. The van der Waals surface area contributed by atoms with Crippen LogP contribution in [0, 0.1) is 48.3 Å².